The number of thiophene rings is 1. The van der Waals surface area contributed by atoms with Gasteiger partial charge in [-0.15, -0.1) is 11.3 Å². The van der Waals surface area contributed by atoms with Gasteiger partial charge in [0.05, 0.1) is 4.88 Å². The number of hydrogen-bond acceptors (Lipinski definition) is 3. The lowest BCUT2D eigenvalue weighted by Gasteiger charge is -1.66. The summed E-state index contributed by atoms with van der Waals surface area (Å²) in [5.74, 6) is 0. The summed E-state index contributed by atoms with van der Waals surface area (Å²) < 4.78 is 0. The van der Waals surface area contributed by atoms with Gasteiger partial charge in [-0.2, -0.15) is 0 Å². The van der Waals surface area contributed by atoms with Crippen LogP contribution in [0.2, 0.25) is 0 Å². The molecule has 0 saturated carbocycles. The molecule has 0 aromatic carbocycles. The Bertz CT molecular complexity index is 148. The monoisotopic (exact) mass is 143 g/mol. The normalized spacial score (nSPS) is 7.33. The van der Waals surface area contributed by atoms with Gasteiger partial charge in [0.2, 0.25) is 0 Å². The molecule has 0 spiro atoms. The first kappa shape index (κ1) is 8.33. The Kier molecular flexibility index (Phi) is 5.06. The van der Waals surface area contributed by atoms with E-state index in [0.717, 1.165) is 11.2 Å². The molecule has 0 saturated heterocycles. The summed E-state index contributed by atoms with van der Waals surface area (Å²) in [7, 11) is 1.50. The van der Waals surface area contributed by atoms with E-state index in [-0.39, 0.29) is 0 Å². The summed E-state index contributed by atoms with van der Waals surface area (Å²) >= 11 is 1.45. The first-order valence-electron chi connectivity index (χ1n) is 2.50. The number of nitrogens with two attached hydrogens (primary N) is 1. The van der Waals surface area contributed by atoms with Crippen LogP contribution in [-0.4, -0.2) is 13.3 Å². The van der Waals surface area contributed by atoms with E-state index >= 15 is 0 Å². The third-order valence-corrected chi connectivity index (χ3v) is 1.46. The Morgan fingerprint density at radius 2 is 2.33 bits per heavy atom. The fourth-order valence-corrected chi connectivity index (χ4v) is 0.885. The van der Waals surface area contributed by atoms with Crippen molar-refractivity contribution in [1.29, 1.82) is 0 Å². The van der Waals surface area contributed by atoms with Gasteiger partial charge in [0.15, 0.2) is 6.29 Å². The summed E-state index contributed by atoms with van der Waals surface area (Å²) in [6.07, 6.45) is 0.852. The number of hydrogen-bond donors (Lipinski definition) is 1. The van der Waals surface area contributed by atoms with Crippen molar-refractivity contribution in [3.63, 3.8) is 0 Å². The maximum atomic E-state index is 9.88. The lowest BCUT2D eigenvalue weighted by molar-refractivity contribution is 0.112. The zero-order chi connectivity index (χ0) is 7.11. The van der Waals surface area contributed by atoms with E-state index in [9.17, 15) is 4.79 Å². The highest BCUT2D eigenvalue weighted by Gasteiger charge is 1.82. The third-order valence-electron chi connectivity index (χ3n) is 0.659. The van der Waals surface area contributed by atoms with Gasteiger partial charge in [-0.25, -0.2) is 0 Å². The zero-order valence-electron chi connectivity index (χ0n) is 5.20. The van der Waals surface area contributed by atoms with Crippen molar-refractivity contribution >= 4 is 17.6 Å². The lowest BCUT2D eigenvalue weighted by Crippen LogP contribution is -1.69. The van der Waals surface area contributed by atoms with E-state index in [1.807, 2.05) is 11.4 Å². The van der Waals surface area contributed by atoms with Crippen LogP contribution in [-0.2, 0) is 0 Å². The molecule has 1 aromatic rings. The minimum absolute atomic E-state index is 0.792. The van der Waals surface area contributed by atoms with Crippen LogP contribution >= 0.6 is 11.3 Å². The predicted octanol–water partition coefficient (Wildman–Crippen LogP) is 1.14. The summed E-state index contributed by atoms with van der Waals surface area (Å²) in [6.45, 7) is 0. The Hall–Kier alpha value is -0.670. The molecule has 0 unspecified atom stereocenters. The highest BCUT2D eigenvalue weighted by Crippen LogP contribution is 2.02. The molecule has 1 heterocycles. The van der Waals surface area contributed by atoms with E-state index in [1.165, 1.54) is 18.4 Å². The average Bonchev–Trinajstić information content (AvgIpc) is 2.43. The van der Waals surface area contributed by atoms with Crippen LogP contribution in [0.4, 0.5) is 0 Å². The molecular weight excluding hydrogens is 134 g/mol. The number of aldehydes is 1. The molecule has 50 valence electrons. The molecule has 0 aliphatic carbocycles. The highest BCUT2D eigenvalue weighted by atomic mass is 32.1. The van der Waals surface area contributed by atoms with E-state index in [0.29, 0.717) is 0 Å². The second-order valence-corrected chi connectivity index (χ2v) is 2.11. The van der Waals surface area contributed by atoms with Gasteiger partial charge in [0.25, 0.3) is 0 Å². The van der Waals surface area contributed by atoms with Gasteiger partial charge in [0.1, 0.15) is 0 Å². The van der Waals surface area contributed by atoms with E-state index in [1.54, 1.807) is 6.07 Å². The van der Waals surface area contributed by atoms with Crippen molar-refractivity contribution in [3.8, 4) is 0 Å². The highest BCUT2D eigenvalue weighted by molar-refractivity contribution is 7.11. The molecular formula is C6H9NOS. The average molecular weight is 143 g/mol. The van der Waals surface area contributed by atoms with Crippen LogP contribution in [0.5, 0.6) is 0 Å². The Morgan fingerprint density at radius 1 is 1.67 bits per heavy atom. The minimum Gasteiger partial charge on any atom is -0.333 e. The predicted molar refractivity (Wildman–Crippen MR) is 39.8 cm³/mol. The largest absolute Gasteiger partial charge is 0.333 e. The van der Waals surface area contributed by atoms with Gasteiger partial charge in [-0.05, 0) is 18.5 Å². The van der Waals surface area contributed by atoms with Crippen molar-refractivity contribution in [3.05, 3.63) is 22.4 Å². The topological polar surface area (TPSA) is 43.1 Å². The fourth-order valence-electron chi connectivity index (χ4n) is 0.358. The maximum absolute atomic E-state index is 9.88. The molecule has 0 aliphatic heterocycles. The second kappa shape index (κ2) is 5.47. The minimum atomic E-state index is 0.792. The SMILES string of the molecule is CN.O=Cc1cccs1. The quantitative estimate of drug-likeness (QED) is 0.599. The fraction of sp³-hybridized carbons (Fsp3) is 0.167. The Labute approximate surface area is 58.3 Å². The van der Waals surface area contributed by atoms with Gasteiger partial charge < -0.3 is 5.73 Å². The van der Waals surface area contributed by atoms with E-state index < -0.39 is 0 Å². The van der Waals surface area contributed by atoms with Gasteiger partial charge in [-0.3, -0.25) is 4.79 Å². The van der Waals surface area contributed by atoms with Crippen LogP contribution in [0.15, 0.2) is 17.5 Å². The molecule has 9 heavy (non-hydrogen) atoms. The van der Waals surface area contributed by atoms with Crippen molar-refractivity contribution < 1.29 is 4.79 Å². The third kappa shape index (κ3) is 3.00. The number of rotatable bonds is 1. The van der Waals surface area contributed by atoms with E-state index in [2.05, 4.69) is 5.73 Å². The Morgan fingerprint density at radius 3 is 2.56 bits per heavy atom. The molecule has 2 N–H and O–H groups in total. The first-order chi connectivity index (χ1) is 4.43. The van der Waals surface area contributed by atoms with Crippen LogP contribution in [0, 0.1) is 0 Å². The first-order valence-corrected chi connectivity index (χ1v) is 3.38. The van der Waals surface area contributed by atoms with Crippen molar-refractivity contribution in [2.45, 2.75) is 0 Å². The van der Waals surface area contributed by atoms with Crippen molar-refractivity contribution in [2.75, 3.05) is 7.05 Å². The lowest BCUT2D eigenvalue weighted by atomic mass is 10.5. The molecule has 0 fully saturated rings. The number of carbonyl (C=O) groups is 1. The van der Waals surface area contributed by atoms with Crippen LogP contribution in [0.25, 0.3) is 0 Å². The molecule has 2 nitrogen and oxygen atoms in total. The van der Waals surface area contributed by atoms with Crippen molar-refractivity contribution in [1.82, 2.24) is 0 Å². The second-order valence-electron chi connectivity index (χ2n) is 1.13. The molecule has 3 heteroatoms. The summed E-state index contributed by atoms with van der Waals surface area (Å²) in [5.41, 5.74) is 4.50. The van der Waals surface area contributed by atoms with E-state index in [4.69, 9.17) is 0 Å². The molecule has 1 rings (SSSR count). The van der Waals surface area contributed by atoms with Crippen LogP contribution in [0.3, 0.4) is 0 Å². The Balaban J connectivity index is 0.000000291. The van der Waals surface area contributed by atoms with Crippen molar-refractivity contribution in [2.24, 2.45) is 5.73 Å². The maximum Gasteiger partial charge on any atom is 0.159 e. The number of carbonyl (C=O) groups excluding carboxylic acids is 1. The van der Waals surface area contributed by atoms with Gasteiger partial charge in [-0.1, -0.05) is 6.07 Å². The molecule has 0 bridgehead atoms. The standard InChI is InChI=1S/C5H4OS.CH5N/c6-4-5-2-1-3-7-5;1-2/h1-4H;2H2,1H3. The molecule has 0 amide bonds. The van der Waals surface area contributed by atoms with Crippen LogP contribution in [0.1, 0.15) is 9.67 Å². The molecule has 0 atom stereocenters. The summed E-state index contributed by atoms with van der Waals surface area (Å²) in [5, 5.41) is 1.88. The smallest absolute Gasteiger partial charge is 0.159 e. The van der Waals surface area contributed by atoms with Gasteiger partial charge in [0, 0.05) is 0 Å². The molecule has 1 aromatic heterocycles. The summed E-state index contributed by atoms with van der Waals surface area (Å²) in [4.78, 5) is 10.7. The molecule has 0 aliphatic rings. The van der Waals surface area contributed by atoms with Crippen LogP contribution < -0.4 is 5.73 Å². The molecule has 0 radical (unpaired) electrons. The summed E-state index contributed by atoms with van der Waals surface area (Å²) in [6, 6.07) is 3.64. The van der Waals surface area contributed by atoms with Gasteiger partial charge >= 0.3 is 0 Å². The zero-order valence-corrected chi connectivity index (χ0v) is 6.02.